The molecular weight excluding hydrogens is 374 g/mol. The van der Waals surface area contributed by atoms with E-state index in [2.05, 4.69) is 15.8 Å². The third kappa shape index (κ3) is 7.17. The van der Waals surface area contributed by atoms with Gasteiger partial charge < -0.3 is 19.5 Å². The Labute approximate surface area is 169 Å². The molecule has 0 fully saturated rings. The average molecular weight is 399 g/mol. The van der Waals surface area contributed by atoms with E-state index in [1.807, 2.05) is 6.92 Å². The molecule has 8 heteroatoms. The summed E-state index contributed by atoms with van der Waals surface area (Å²) in [6.45, 7) is 2.48. The number of hydrazone groups is 1. The number of methoxy groups -OCH3 is 2. The summed E-state index contributed by atoms with van der Waals surface area (Å²) in [5.41, 5.74) is 3.69. The van der Waals surface area contributed by atoms with Gasteiger partial charge in [0.1, 0.15) is 17.2 Å². The summed E-state index contributed by atoms with van der Waals surface area (Å²) in [4.78, 5) is 23.9. The van der Waals surface area contributed by atoms with Gasteiger partial charge in [-0.2, -0.15) is 5.10 Å². The molecule has 2 rings (SSSR count). The summed E-state index contributed by atoms with van der Waals surface area (Å²) in [7, 11) is 3.10. The number of nitrogens with one attached hydrogen (secondary N) is 2. The van der Waals surface area contributed by atoms with E-state index in [1.54, 1.807) is 56.7 Å². The molecule has 154 valence electrons. The van der Waals surface area contributed by atoms with Crippen LogP contribution in [0.1, 0.15) is 25.3 Å². The number of hydrogen-bond acceptors (Lipinski definition) is 6. The Hall–Kier alpha value is -3.55. The predicted octanol–water partition coefficient (Wildman–Crippen LogP) is 2.97. The van der Waals surface area contributed by atoms with Gasteiger partial charge in [-0.05, 0) is 49.4 Å². The number of carbonyl (C=O) groups is 2. The van der Waals surface area contributed by atoms with E-state index in [0.717, 1.165) is 5.75 Å². The molecule has 0 unspecified atom stereocenters. The van der Waals surface area contributed by atoms with Crippen LogP contribution in [0.5, 0.6) is 17.2 Å². The summed E-state index contributed by atoms with van der Waals surface area (Å²) in [6, 6.07) is 12.3. The molecule has 0 saturated heterocycles. The molecule has 0 bridgehead atoms. The highest BCUT2D eigenvalue weighted by molar-refractivity contribution is 5.93. The van der Waals surface area contributed by atoms with Gasteiger partial charge in [-0.1, -0.05) is 0 Å². The van der Waals surface area contributed by atoms with Crippen molar-refractivity contribution in [3.63, 3.8) is 0 Å². The molecule has 0 aromatic heterocycles. The Morgan fingerprint density at radius 1 is 0.966 bits per heavy atom. The van der Waals surface area contributed by atoms with Crippen molar-refractivity contribution in [2.75, 3.05) is 26.1 Å². The number of nitrogens with zero attached hydrogens (tertiary/aromatic N) is 1. The second kappa shape index (κ2) is 11.3. The molecule has 0 aliphatic carbocycles. The molecular formula is C21H25N3O5. The molecule has 0 radical (unpaired) electrons. The zero-order chi connectivity index (χ0) is 21.1. The van der Waals surface area contributed by atoms with Crippen LogP contribution in [0, 0.1) is 0 Å². The highest BCUT2D eigenvalue weighted by Crippen LogP contribution is 2.22. The molecule has 2 amide bonds. The molecule has 8 nitrogen and oxygen atoms in total. The van der Waals surface area contributed by atoms with Crippen LogP contribution in [0.3, 0.4) is 0 Å². The molecule has 0 saturated carbocycles. The lowest BCUT2D eigenvalue weighted by Crippen LogP contribution is -2.20. The van der Waals surface area contributed by atoms with Crippen LogP contribution >= 0.6 is 0 Å². The Morgan fingerprint density at radius 2 is 1.66 bits per heavy atom. The van der Waals surface area contributed by atoms with Crippen molar-refractivity contribution in [1.29, 1.82) is 0 Å². The summed E-state index contributed by atoms with van der Waals surface area (Å²) >= 11 is 0. The number of hydrogen-bond donors (Lipinski definition) is 2. The Bertz CT molecular complexity index is 850. The normalized spacial score (nSPS) is 10.4. The van der Waals surface area contributed by atoms with E-state index in [4.69, 9.17) is 14.2 Å². The van der Waals surface area contributed by atoms with E-state index in [9.17, 15) is 9.59 Å². The van der Waals surface area contributed by atoms with Gasteiger partial charge >= 0.3 is 0 Å². The molecule has 0 heterocycles. The molecule has 0 spiro atoms. The number of anilines is 1. The van der Waals surface area contributed by atoms with Gasteiger partial charge in [0.15, 0.2) is 0 Å². The fourth-order valence-corrected chi connectivity index (χ4v) is 2.42. The topological polar surface area (TPSA) is 98.2 Å². The highest BCUT2D eigenvalue weighted by Gasteiger charge is 2.07. The monoisotopic (exact) mass is 399 g/mol. The minimum absolute atomic E-state index is 0.00937. The van der Waals surface area contributed by atoms with Gasteiger partial charge in [0, 0.05) is 24.1 Å². The Morgan fingerprint density at radius 3 is 2.31 bits per heavy atom. The third-order valence-corrected chi connectivity index (χ3v) is 3.86. The van der Waals surface area contributed by atoms with E-state index in [-0.39, 0.29) is 24.7 Å². The van der Waals surface area contributed by atoms with E-state index in [1.165, 1.54) is 6.21 Å². The van der Waals surface area contributed by atoms with Crippen LogP contribution in [0.4, 0.5) is 5.69 Å². The first-order chi connectivity index (χ1) is 14.0. The zero-order valence-corrected chi connectivity index (χ0v) is 16.7. The zero-order valence-electron chi connectivity index (χ0n) is 16.7. The average Bonchev–Trinajstić information content (AvgIpc) is 2.73. The third-order valence-electron chi connectivity index (χ3n) is 3.86. The SMILES string of the molecule is CCOc1ccc(NC(=O)CCC(=O)NN=Cc2cc(OC)ccc2OC)cc1. The fourth-order valence-electron chi connectivity index (χ4n) is 2.42. The second-order valence-electron chi connectivity index (χ2n) is 5.91. The summed E-state index contributed by atoms with van der Waals surface area (Å²) in [5.74, 6) is 1.34. The van der Waals surface area contributed by atoms with Crippen LogP contribution in [-0.2, 0) is 9.59 Å². The number of benzene rings is 2. The van der Waals surface area contributed by atoms with Crippen molar-refractivity contribution in [2.45, 2.75) is 19.8 Å². The van der Waals surface area contributed by atoms with Gasteiger partial charge in [-0.25, -0.2) is 5.43 Å². The first-order valence-electron chi connectivity index (χ1n) is 9.12. The smallest absolute Gasteiger partial charge is 0.240 e. The van der Waals surface area contributed by atoms with E-state index < -0.39 is 0 Å². The molecule has 0 aliphatic heterocycles. The number of carbonyl (C=O) groups excluding carboxylic acids is 2. The number of amides is 2. The fraction of sp³-hybridized carbons (Fsp3) is 0.286. The van der Waals surface area contributed by atoms with Gasteiger partial charge in [0.05, 0.1) is 27.0 Å². The quantitative estimate of drug-likeness (QED) is 0.473. The second-order valence-corrected chi connectivity index (χ2v) is 5.91. The van der Waals surface area contributed by atoms with Gasteiger partial charge in [0.2, 0.25) is 11.8 Å². The molecule has 2 aromatic carbocycles. The lowest BCUT2D eigenvalue weighted by atomic mass is 10.2. The Kier molecular flexibility index (Phi) is 8.50. The first-order valence-corrected chi connectivity index (χ1v) is 9.12. The molecule has 0 aliphatic rings. The van der Waals surface area contributed by atoms with Crippen LogP contribution in [0.25, 0.3) is 0 Å². The van der Waals surface area contributed by atoms with Crippen LogP contribution < -0.4 is 25.0 Å². The van der Waals surface area contributed by atoms with Crippen molar-refractivity contribution >= 4 is 23.7 Å². The lowest BCUT2D eigenvalue weighted by molar-refractivity contribution is -0.124. The highest BCUT2D eigenvalue weighted by atomic mass is 16.5. The minimum atomic E-state index is -0.370. The molecule has 2 N–H and O–H groups in total. The maximum absolute atomic E-state index is 12.0. The standard InChI is InChI=1S/C21H25N3O5/c1-4-29-17-7-5-16(6-8-17)23-20(25)11-12-21(26)24-22-14-15-13-18(27-2)9-10-19(15)28-3/h5-10,13-14H,4,11-12H2,1-3H3,(H,23,25)(H,24,26). The summed E-state index contributed by atoms with van der Waals surface area (Å²) in [5, 5.41) is 6.64. The first kappa shape index (κ1) is 21.7. The van der Waals surface area contributed by atoms with Gasteiger partial charge in [-0.15, -0.1) is 0 Å². The van der Waals surface area contributed by atoms with Crippen molar-refractivity contribution in [1.82, 2.24) is 5.43 Å². The van der Waals surface area contributed by atoms with E-state index >= 15 is 0 Å². The van der Waals surface area contributed by atoms with Gasteiger partial charge in [-0.3, -0.25) is 9.59 Å². The maximum atomic E-state index is 12.0. The molecule has 2 aromatic rings. The van der Waals surface area contributed by atoms with Crippen LogP contribution in [0.2, 0.25) is 0 Å². The van der Waals surface area contributed by atoms with Crippen LogP contribution in [-0.4, -0.2) is 38.9 Å². The number of ether oxygens (including phenoxy) is 3. The van der Waals surface area contributed by atoms with Crippen LogP contribution in [0.15, 0.2) is 47.6 Å². The van der Waals surface area contributed by atoms with Crippen molar-refractivity contribution < 1.29 is 23.8 Å². The lowest BCUT2D eigenvalue weighted by Gasteiger charge is -2.07. The predicted molar refractivity (Wildman–Crippen MR) is 111 cm³/mol. The number of rotatable bonds is 10. The maximum Gasteiger partial charge on any atom is 0.240 e. The summed E-state index contributed by atoms with van der Waals surface area (Å²) in [6.07, 6.45) is 1.51. The van der Waals surface area contributed by atoms with Crippen molar-refractivity contribution in [3.05, 3.63) is 48.0 Å². The van der Waals surface area contributed by atoms with Crippen molar-refractivity contribution in [3.8, 4) is 17.2 Å². The van der Waals surface area contributed by atoms with Gasteiger partial charge in [0.25, 0.3) is 0 Å². The Balaban J connectivity index is 1.79. The molecule has 0 atom stereocenters. The minimum Gasteiger partial charge on any atom is -0.497 e. The van der Waals surface area contributed by atoms with E-state index in [0.29, 0.717) is 29.4 Å². The largest absolute Gasteiger partial charge is 0.497 e. The molecule has 29 heavy (non-hydrogen) atoms. The van der Waals surface area contributed by atoms with Crippen molar-refractivity contribution in [2.24, 2.45) is 5.10 Å². The summed E-state index contributed by atoms with van der Waals surface area (Å²) < 4.78 is 15.7.